The first-order valence-electron chi connectivity index (χ1n) is 5.95. The van der Waals surface area contributed by atoms with Crippen LogP contribution in [-0.2, 0) is 0 Å². The highest BCUT2D eigenvalue weighted by molar-refractivity contribution is 5.35. The van der Waals surface area contributed by atoms with Gasteiger partial charge in [-0.25, -0.2) is 0 Å². The fraction of sp³-hybridized carbons (Fsp3) is 0.727. The summed E-state index contributed by atoms with van der Waals surface area (Å²) in [5, 5.41) is 0. The van der Waals surface area contributed by atoms with Crippen molar-refractivity contribution in [3.8, 4) is 6.01 Å². The fourth-order valence-corrected chi connectivity index (χ4v) is 1.25. The average Bonchev–Trinajstić information content (AvgIpc) is 2.33. The molecule has 1 rings (SSSR count). The fourth-order valence-electron chi connectivity index (χ4n) is 1.25. The smallest absolute Gasteiger partial charge is 0.323 e. The standard InChI is InChI=1S/C11H21N5O/c1-5-7-17-11-14-9(12)13-10(15-11)16(4)8(3)6-2/h8H,5-7H2,1-4H3,(H2,12,13,14,15). The molecule has 0 aliphatic rings. The van der Waals surface area contributed by atoms with Gasteiger partial charge in [0.2, 0.25) is 11.9 Å². The summed E-state index contributed by atoms with van der Waals surface area (Å²) in [5.74, 6) is 0.745. The largest absolute Gasteiger partial charge is 0.463 e. The normalized spacial score (nSPS) is 12.2. The topological polar surface area (TPSA) is 77.2 Å². The Morgan fingerprint density at radius 1 is 1.29 bits per heavy atom. The molecular formula is C11H21N5O. The lowest BCUT2D eigenvalue weighted by Crippen LogP contribution is -2.30. The lowest BCUT2D eigenvalue weighted by Gasteiger charge is -2.23. The first-order valence-corrected chi connectivity index (χ1v) is 5.95. The Balaban J connectivity index is 2.88. The van der Waals surface area contributed by atoms with Crippen LogP contribution >= 0.6 is 0 Å². The molecule has 0 spiro atoms. The summed E-state index contributed by atoms with van der Waals surface area (Å²) in [4.78, 5) is 14.3. The number of aromatic nitrogens is 3. The lowest BCUT2D eigenvalue weighted by molar-refractivity contribution is 0.292. The molecule has 0 bridgehead atoms. The van der Waals surface area contributed by atoms with Crippen LogP contribution in [0.4, 0.5) is 11.9 Å². The van der Waals surface area contributed by atoms with Crippen molar-refractivity contribution in [1.82, 2.24) is 15.0 Å². The van der Waals surface area contributed by atoms with Crippen molar-refractivity contribution < 1.29 is 4.74 Å². The third-order valence-corrected chi connectivity index (χ3v) is 2.62. The summed E-state index contributed by atoms with van der Waals surface area (Å²) in [6.07, 6.45) is 1.91. The SMILES string of the molecule is CCCOc1nc(N)nc(N(C)C(C)CC)n1. The summed E-state index contributed by atoms with van der Waals surface area (Å²) < 4.78 is 5.37. The summed E-state index contributed by atoms with van der Waals surface area (Å²) in [6, 6.07) is 0.639. The summed E-state index contributed by atoms with van der Waals surface area (Å²) in [6.45, 7) is 6.82. The minimum Gasteiger partial charge on any atom is -0.463 e. The molecule has 0 amide bonds. The van der Waals surface area contributed by atoms with Crippen LogP contribution in [-0.4, -0.2) is 34.6 Å². The van der Waals surface area contributed by atoms with Gasteiger partial charge in [0.15, 0.2) is 0 Å². The number of hydrogen-bond acceptors (Lipinski definition) is 6. The van der Waals surface area contributed by atoms with E-state index in [1.165, 1.54) is 0 Å². The minimum atomic E-state index is 0.191. The van der Waals surface area contributed by atoms with Crippen LogP contribution in [0, 0.1) is 0 Å². The van der Waals surface area contributed by atoms with Crippen LogP contribution in [0.2, 0.25) is 0 Å². The number of rotatable bonds is 6. The molecule has 1 heterocycles. The maximum absolute atomic E-state index is 5.64. The minimum absolute atomic E-state index is 0.191. The second-order valence-electron chi connectivity index (χ2n) is 3.99. The summed E-state index contributed by atoms with van der Waals surface area (Å²) in [5.41, 5.74) is 5.64. The van der Waals surface area contributed by atoms with Gasteiger partial charge in [-0.3, -0.25) is 0 Å². The van der Waals surface area contributed by atoms with Gasteiger partial charge in [0, 0.05) is 13.1 Å². The van der Waals surface area contributed by atoms with Gasteiger partial charge >= 0.3 is 6.01 Å². The molecule has 6 heteroatoms. The van der Waals surface area contributed by atoms with Gasteiger partial charge in [0.25, 0.3) is 0 Å². The van der Waals surface area contributed by atoms with Crippen molar-refractivity contribution in [3.63, 3.8) is 0 Å². The molecule has 1 aromatic rings. The van der Waals surface area contributed by atoms with Crippen LogP contribution in [0.3, 0.4) is 0 Å². The number of nitrogens with two attached hydrogens (primary N) is 1. The Morgan fingerprint density at radius 3 is 2.59 bits per heavy atom. The van der Waals surface area contributed by atoms with Crippen LogP contribution < -0.4 is 15.4 Å². The highest BCUT2D eigenvalue weighted by atomic mass is 16.5. The van der Waals surface area contributed by atoms with Gasteiger partial charge < -0.3 is 15.4 Å². The van der Waals surface area contributed by atoms with E-state index in [0.717, 1.165) is 12.8 Å². The van der Waals surface area contributed by atoms with Crippen molar-refractivity contribution in [2.45, 2.75) is 39.7 Å². The van der Waals surface area contributed by atoms with E-state index >= 15 is 0 Å². The number of anilines is 2. The van der Waals surface area contributed by atoms with Gasteiger partial charge in [0.05, 0.1) is 6.61 Å². The molecule has 1 unspecified atom stereocenters. The molecule has 0 aliphatic heterocycles. The zero-order valence-corrected chi connectivity index (χ0v) is 11.0. The van der Waals surface area contributed by atoms with Gasteiger partial charge in [0.1, 0.15) is 0 Å². The molecule has 17 heavy (non-hydrogen) atoms. The van der Waals surface area contributed by atoms with Gasteiger partial charge in [-0.2, -0.15) is 15.0 Å². The van der Waals surface area contributed by atoms with Crippen molar-refractivity contribution in [1.29, 1.82) is 0 Å². The summed E-state index contributed by atoms with van der Waals surface area (Å²) in [7, 11) is 1.94. The Morgan fingerprint density at radius 2 is 2.00 bits per heavy atom. The predicted octanol–water partition coefficient (Wildman–Crippen LogP) is 1.48. The molecule has 0 aliphatic carbocycles. The van der Waals surface area contributed by atoms with Crippen LogP contribution in [0.25, 0.3) is 0 Å². The van der Waals surface area contributed by atoms with Gasteiger partial charge in [-0.05, 0) is 19.8 Å². The first kappa shape index (κ1) is 13.5. The number of nitrogen functional groups attached to an aromatic ring is 1. The van der Waals surface area contributed by atoms with Gasteiger partial charge in [-0.15, -0.1) is 0 Å². The third kappa shape index (κ3) is 3.72. The Labute approximate surface area is 102 Å². The maximum atomic E-state index is 5.64. The Hall–Kier alpha value is -1.59. The van der Waals surface area contributed by atoms with E-state index in [2.05, 4.69) is 28.8 Å². The Kier molecular flexibility index (Phi) is 4.93. The monoisotopic (exact) mass is 239 g/mol. The molecule has 2 N–H and O–H groups in total. The second-order valence-corrected chi connectivity index (χ2v) is 3.99. The molecule has 0 saturated carbocycles. The first-order chi connectivity index (χ1) is 8.08. The van der Waals surface area contributed by atoms with Crippen LogP contribution in [0.15, 0.2) is 0 Å². The Bertz CT molecular complexity index is 358. The van der Waals surface area contributed by atoms with E-state index < -0.39 is 0 Å². The molecule has 96 valence electrons. The average molecular weight is 239 g/mol. The van der Waals surface area contributed by atoms with E-state index in [4.69, 9.17) is 10.5 Å². The number of nitrogens with zero attached hydrogens (tertiary/aromatic N) is 4. The number of hydrogen-bond donors (Lipinski definition) is 1. The highest BCUT2D eigenvalue weighted by Crippen LogP contribution is 2.15. The van der Waals surface area contributed by atoms with Crippen molar-refractivity contribution in [3.05, 3.63) is 0 Å². The van der Waals surface area contributed by atoms with Crippen LogP contribution in [0.5, 0.6) is 6.01 Å². The highest BCUT2D eigenvalue weighted by Gasteiger charge is 2.13. The van der Waals surface area contributed by atoms with Crippen molar-refractivity contribution >= 4 is 11.9 Å². The summed E-state index contributed by atoms with van der Waals surface area (Å²) >= 11 is 0. The molecule has 6 nitrogen and oxygen atoms in total. The maximum Gasteiger partial charge on any atom is 0.323 e. The molecule has 0 aromatic carbocycles. The molecule has 0 saturated heterocycles. The molecule has 0 fully saturated rings. The second kappa shape index (κ2) is 6.22. The quantitative estimate of drug-likeness (QED) is 0.810. The van der Waals surface area contributed by atoms with E-state index in [-0.39, 0.29) is 5.95 Å². The zero-order valence-electron chi connectivity index (χ0n) is 11.0. The van der Waals surface area contributed by atoms with E-state index in [1.807, 2.05) is 18.9 Å². The molecular weight excluding hydrogens is 218 g/mol. The van der Waals surface area contributed by atoms with Crippen LogP contribution in [0.1, 0.15) is 33.6 Å². The van der Waals surface area contributed by atoms with E-state index in [9.17, 15) is 0 Å². The number of ether oxygens (including phenoxy) is 1. The van der Waals surface area contributed by atoms with Gasteiger partial charge in [-0.1, -0.05) is 13.8 Å². The zero-order chi connectivity index (χ0) is 12.8. The molecule has 1 aromatic heterocycles. The predicted molar refractivity (Wildman–Crippen MR) is 68.2 cm³/mol. The lowest BCUT2D eigenvalue weighted by atomic mass is 10.2. The third-order valence-electron chi connectivity index (χ3n) is 2.62. The molecule has 0 radical (unpaired) electrons. The van der Waals surface area contributed by atoms with Crippen molar-refractivity contribution in [2.24, 2.45) is 0 Å². The molecule has 1 atom stereocenters. The van der Waals surface area contributed by atoms with E-state index in [1.54, 1.807) is 0 Å². The van der Waals surface area contributed by atoms with E-state index in [0.29, 0.717) is 24.6 Å². The van der Waals surface area contributed by atoms with Crippen molar-refractivity contribution in [2.75, 3.05) is 24.3 Å².